The summed E-state index contributed by atoms with van der Waals surface area (Å²) in [5.74, 6) is -1.55. The minimum absolute atomic E-state index is 0.163. The molecule has 7 heteroatoms. The van der Waals surface area contributed by atoms with Gasteiger partial charge in [-0.2, -0.15) is 0 Å². The van der Waals surface area contributed by atoms with Gasteiger partial charge in [-0.15, -0.1) is 0 Å². The monoisotopic (exact) mass is 311 g/mol. The number of quaternary nitrogens is 1. The number of carboxylic acids is 1. The smallest absolute Gasteiger partial charge is 0.279 e. The van der Waals surface area contributed by atoms with Crippen LogP contribution in [0.15, 0.2) is 18.2 Å². The molecule has 1 fully saturated rings. The standard InChI is InChI=1S/C14H18ClN3O3/c15-11-2-1-10(16)7-12(11)17-13(19)8-18-5-3-9(4-6-18)14(20)21/h1-2,7,9H,3-6,8,16H2,(H,17,19)(H,20,21). The average Bonchev–Trinajstić information content (AvgIpc) is 2.43. The van der Waals surface area contributed by atoms with Gasteiger partial charge in [0.2, 0.25) is 0 Å². The van der Waals surface area contributed by atoms with E-state index < -0.39 is 5.97 Å². The van der Waals surface area contributed by atoms with E-state index in [1.165, 1.54) is 0 Å². The summed E-state index contributed by atoms with van der Waals surface area (Å²) in [6, 6.07) is 4.90. The number of hydrogen-bond acceptors (Lipinski definition) is 4. The molecule has 0 bridgehead atoms. The van der Waals surface area contributed by atoms with Crippen LogP contribution in [0.3, 0.4) is 0 Å². The number of carbonyl (C=O) groups excluding carboxylic acids is 2. The fourth-order valence-electron chi connectivity index (χ4n) is 2.50. The molecule has 114 valence electrons. The van der Waals surface area contributed by atoms with Crippen molar-refractivity contribution in [2.45, 2.75) is 12.8 Å². The molecule has 1 aliphatic rings. The lowest BCUT2D eigenvalue weighted by molar-refractivity contribution is -0.897. The minimum Gasteiger partial charge on any atom is -0.550 e. The Labute approximate surface area is 127 Å². The van der Waals surface area contributed by atoms with Crippen LogP contribution < -0.4 is 21.1 Å². The van der Waals surface area contributed by atoms with E-state index in [2.05, 4.69) is 5.32 Å². The van der Waals surface area contributed by atoms with E-state index in [1.54, 1.807) is 18.2 Å². The summed E-state index contributed by atoms with van der Waals surface area (Å²) >= 11 is 5.99. The molecule has 2 rings (SSSR count). The van der Waals surface area contributed by atoms with Crippen molar-refractivity contribution in [3.05, 3.63) is 23.2 Å². The van der Waals surface area contributed by atoms with Crippen molar-refractivity contribution in [1.29, 1.82) is 0 Å². The number of aliphatic carboxylic acids is 1. The second kappa shape index (κ2) is 6.78. The molecule has 1 aromatic rings. The van der Waals surface area contributed by atoms with Gasteiger partial charge in [-0.25, -0.2) is 0 Å². The van der Waals surface area contributed by atoms with Gasteiger partial charge in [0.25, 0.3) is 5.91 Å². The molecule has 0 saturated carbocycles. The molecule has 21 heavy (non-hydrogen) atoms. The van der Waals surface area contributed by atoms with E-state index in [4.69, 9.17) is 17.3 Å². The number of piperidine rings is 1. The molecular weight excluding hydrogens is 294 g/mol. The van der Waals surface area contributed by atoms with Crippen LogP contribution in [0.1, 0.15) is 12.8 Å². The van der Waals surface area contributed by atoms with Crippen LogP contribution in [0.5, 0.6) is 0 Å². The first-order chi connectivity index (χ1) is 9.95. The number of likely N-dealkylation sites (tertiary alicyclic amines) is 1. The third-order valence-electron chi connectivity index (χ3n) is 3.70. The van der Waals surface area contributed by atoms with E-state index in [0.29, 0.717) is 42.3 Å². The van der Waals surface area contributed by atoms with Crippen LogP contribution in [0.4, 0.5) is 11.4 Å². The highest BCUT2D eigenvalue weighted by molar-refractivity contribution is 6.33. The highest BCUT2D eigenvalue weighted by atomic mass is 35.5. The van der Waals surface area contributed by atoms with E-state index in [9.17, 15) is 14.7 Å². The summed E-state index contributed by atoms with van der Waals surface area (Å²) in [6.45, 7) is 1.58. The normalized spacial score (nSPS) is 21.8. The van der Waals surface area contributed by atoms with Gasteiger partial charge < -0.3 is 25.9 Å². The quantitative estimate of drug-likeness (QED) is 0.615. The molecule has 0 aliphatic carbocycles. The number of nitrogens with one attached hydrogen (secondary N) is 2. The van der Waals surface area contributed by atoms with Crippen molar-refractivity contribution in [3.8, 4) is 0 Å². The van der Waals surface area contributed by atoms with E-state index in [1.807, 2.05) is 0 Å². The Bertz CT molecular complexity index is 542. The Morgan fingerprint density at radius 1 is 1.38 bits per heavy atom. The molecule has 4 N–H and O–H groups in total. The van der Waals surface area contributed by atoms with Crippen molar-refractivity contribution in [3.63, 3.8) is 0 Å². The highest BCUT2D eigenvalue weighted by Crippen LogP contribution is 2.23. The predicted octanol–water partition coefficient (Wildman–Crippen LogP) is -1.09. The van der Waals surface area contributed by atoms with E-state index in [-0.39, 0.29) is 18.4 Å². The number of nitrogens with two attached hydrogens (primary N) is 1. The van der Waals surface area contributed by atoms with Crippen molar-refractivity contribution in [1.82, 2.24) is 0 Å². The number of carboxylic acid groups (broad SMARTS) is 1. The van der Waals surface area contributed by atoms with Gasteiger partial charge in [0.05, 0.1) is 23.8 Å². The first-order valence-electron chi connectivity index (χ1n) is 6.85. The number of hydrogen-bond donors (Lipinski definition) is 3. The summed E-state index contributed by atoms with van der Waals surface area (Å²) in [4.78, 5) is 23.8. The Kier molecular flexibility index (Phi) is 5.03. The first-order valence-corrected chi connectivity index (χ1v) is 7.23. The SMILES string of the molecule is Nc1ccc(Cl)c(NC(=O)C[NH+]2CCC(C(=O)[O-])CC2)c1. The van der Waals surface area contributed by atoms with E-state index in [0.717, 1.165) is 4.90 Å². The summed E-state index contributed by atoms with van der Waals surface area (Å²) in [5.41, 5.74) is 6.67. The third kappa shape index (κ3) is 4.34. The van der Waals surface area contributed by atoms with Gasteiger partial charge in [0.15, 0.2) is 6.54 Å². The lowest BCUT2D eigenvalue weighted by Gasteiger charge is -2.29. The fraction of sp³-hybridized carbons (Fsp3) is 0.429. The second-order valence-electron chi connectivity index (χ2n) is 5.31. The molecule has 1 saturated heterocycles. The number of halogens is 1. The molecular formula is C14H18ClN3O3. The van der Waals surface area contributed by atoms with Crippen LogP contribution in [0, 0.1) is 5.92 Å². The van der Waals surface area contributed by atoms with Crippen molar-refractivity contribution in [2.24, 2.45) is 5.92 Å². The lowest BCUT2D eigenvalue weighted by Crippen LogP contribution is -3.14. The zero-order valence-corrected chi connectivity index (χ0v) is 12.3. The Balaban J connectivity index is 1.85. The van der Waals surface area contributed by atoms with Crippen molar-refractivity contribution >= 4 is 34.9 Å². The van der Waals surface area contributed by atoms with Crippen molar-refractivity contribution < 1.29 is 19.6 Å². The van der Waals surface area contributed by atoms with Gasteiger partial charge in [-0.05, 0) is 18.2 Å². The molecule has 0 unspecified atom stereocenters. The van der Waals surface area contributed by atoms with Gasteiger partial charge >= 0.3 is 0 Å². The maximum absolute atomic E-state index is 12.0. The summed E-state index contributed by atoms with van der Waals surface area (Å²) in [6.07, 6.45) is 1.09. The van der Waals surface area contributed by atoms with Gasteiger partial charge in [0, 0.05) is 30.4 Å². The largest absolute Gasteiger partial charge is 0.550 e. The molecule has 1 aromatic carbocycles. The summed E-state index contributed by atoms with van der Waals surface area (Å²) in [5, 5.41) is 13.9. The first kappa shape index (κ1) is 15.6. The van der Waals surface area contributed by atoms with Crippen LogP contribution in [0.2, 0.25) is 5.02 Å². The minimum atomic E-state index is -0.995. The van der Waals surface area contributed by atoms with Gasteiger partial charge in [-0.3, -0.25) is 4.79 Å². The molecule has 0 radical (unpaired) electrons. The summed E-state index contributed by atoms with van der Waals surface area (Å²) in [7, 11) is 0. The second-order valence-corrected chi connectivity index (χ2v) is 5.71. The molecule has 0 aromatic heterocycles. The zero-order chi connectivity index (χ0) is 15.4. The Hall–Kier alpha value is -1.79. The van der Waals surface area contributed by atoms with Crippen molar-refractivity contribution in [2.75, 3.05) is 30.7 Å². The number of anilines is 2. The van der Waals surface area contributed by atoms with Crippen LogP contribution in [0.25, 0.3) is 0 Å². The predicted molar refractivity (Wildman–Crippen MR) is 77.8 cm³/mol. The van der Waals surface area contributed by atoms with Crippen LogP contribution in [-0.4, -0.2) is 31.5 Å². The number of carbonyl (C=O) groups is 2. The maximum Gasteiger partial charge on any atom is 0.279 e. The van der Waals surface area contributed by atoms with Crippen LogP contribution >= 0.6 is 11.6 Å². The van der Waals surface area contributed by atoms with Crippen LogP contribution in [-0.2, 0) is 9.59 Å². The molecule has 1 heterocycles. The molecule has 0 spiro atoms. The average molecular weight is 312 g/mol. The van der Waals surface area contributed by atoms with Gasteiger partial charge in [0.1, 0.15) is 0 Å². The van der Waals surface area contributed by atoms with E-state index >= 15 is 0 Å². The third-order valence-corrected chi connectivity index (χ3v) is 4.03. The molecule has 0 atom stereocenters. The number of amides is 1. The number of nitrogen functional groups attached to an aromatic ring is 1. The summed E-state index contributed by atoms with van der Waals surface area (Å²) < 4.78 is 0. The number of benzene rings is 1. The highest BCUT2D eigenvalue weighted by Gasteiger charge is 2.24. The Morgan fingerprint density at radius 3 is 2.67 bits per heavy atom. The Morgan fingerprint density at radius 2 is 2.05 bits per heavy atom. The topological polar surface area (TPSA) is 99.7 Å². The molecule has 6 nitrogen and oxygen atoms in total. The zero-order valence-electron chi connectivity index (χ0n) is 11.5. The number of rotatable bonds is 4. The van der Waals surface area contributed by atoms with Gasteiger partial charge in [-0.1, -0.05) is 11.6 Å². The maximum atomic E-state index is 12.0. The fourth-order valence-corrected chi connectivity index (χ4v) is 2.66. The molecule has 1 aliphatic heterocycles. The molecule has 1 amide bonds. The lowest BCUT2D eigenvalue weighted by atomic mass is 9.97.